The normalized spacial score (nSPS) is 16.3. The Hall–Kier alpha value is -0.770. The summed E-state index contributed by atoms with van der Waals surface area (Å²) in [4.78, 5) is 1.77. The highest BCUT2D eigenvalue weighted by atomic mass is 35.5. The number of quaternary nitrogens is 2. The van der Waals surface area contributed by atoms with Crippen molar-refractivity contribution in [3.05, 3.63) is 28.8 Å². The average molecular weight is 299 g/mol. The van der Waals surface area contributed by atoms with E-state index in [2.05, 4.69) is 5.32 Å². The highest BCUT2D eigenvalue weighted by Gasteiger charge is 2.14. The van der Waals surface area contributed by atoms with Crippen LogP contribution in [0.15, 0.2) is 18.2 Å². The molecule has 1 aromatic rings. The molecule has 0 aromatic heterocycles. The number of benzene rings is 1. The highest BCUT2D eigenvalue weighted by molar-refractivity contribution is 6.32. The molecule has 1 aliphatic rings. The van der Waals surface area contributed by atoms with Crippen LogP contribution in [0.4, 0.5) is 0 Å². The molecule has 112 valence electrons. The van der Waals surface area contributed by atoms with Gasteiger partial charge in [0.2, 0.25) is 0 Å². The van der Waals surface area contributed by atoms with Gasteiger partial charge in [-0.2, -0.15) is 0 Å². The van der Waals surface area contributed by atoms with Crippen molar-refractivity contribution in [2.45, 2.75) is 26.2 Å². The van der Waals surface area contributed by atoms with E-state index in [1.54, 1.807) is 4.90 Å². The Bertz CT molecular complexity index is 405. The van der Waals surface area contributed by atoms with Crippen molar-refractivity contribution in [1.82, 2.24) is 0 Å². The monoisotopic (exact) mass is 298 g/mol. The number of nitrogens with two attached hydrogens (primary N) is 1. The molecule has 1 aromatic carbocycles. The number of hydrogen-bond acceptors (Lipinski definition) is 1. The van der Waals surface area contributed by atoms with Gasteiger partial charge in [0, 0.05) is 0 Å². The smallest absolute Gasteiger partial charge is 0.137 e. The fourth-order valence-electron chi connectivity index (χ4n) is 2.69. The standard InChI is InChI=1S/C16H25ClN2O/c1-14-5-6-16(15(17)13-14)20-12-4-2-3-9-19-10-7-18-8-11-19/h5-6,13,18H,2-4,7-12H2,1H3/p+2. The number of nitrogens with one attached hydrogen (secondary N) is 1. The molecule has 20 heavy (non-hydrogen) atoms. The Morgan fingerprint density at radius 3 is 2.75 bits per heavy atom. The second-order valence-electron chi connectivity index (χ2n) is 5.71. The molecule has 1 saturated heterocycles. The van der Waals surface area contributed by atoms with Crippen molar-refractivity contribution in [3.8, 4) is 5.75 Å². The van der Waals surface area contributed by atoms with Crippen LogP contribution in [-0.2, 0) is 0 Å². The van der Waals surface area contributed by atoms with Gasteiger partial charge in [0.1, 0.15) is 31.9 Å². The zero-order valence-corrected chi connectivity index (χ0v) is 13.2. The fourth-order valence-corrected chi connectivity index (χ4v) is 2.98. The first-order chi connectivity index (χ1) is 9.75. The van der Waals surface area contributed by atoms with Gasteiger partial charge in [0.05, 0.1) is 18.2 Å². The summed E-state index contributed by atoms with van der Waals surface area (Å²) in [5, 5.41) is 3.14. The quantitative estimate of drug-likeness (QED) is 0.712. The summed E-state index contributed by atoms with van der Waals surface area (Å²) in [5.74, 6) is 0.814. The maximum atomic E-state index is 6.14. The van der Waals surface area contributed by atoms with Crippen molar-refractivity contribution >= 4 is 11.6 Å². The van der Waals surface area contributed by atoms with Crippen LogP contribution in [0.25, 0.3) is 0 Å². The van der Waals surface area contributed by atoms with E-state index in [1.807, 2.05) is 25.1 Å². The molecule has 0 bridgehead atoms. The van der Waals surface area contributed by atoms with Gasteiger partial charge in [-0.15, -0.1) is 0 Å². The second-order valence-corrected chi connectivity index (χ2v) is 6.12. The first kappa shape index (κ1) is 15.6. The molecule has 1 fully saturated rings. The maximum absolute atomic E-state index is 6.14. The van der Waals surface area contributed by atoms with E-state index in [0.717, 1.165) is 23.8 Å². The van der Waals surface area contributed by atoms with Crippen LogP contribution in [0, 0.1) is 6.92 Å². The van der Waals surface area contributed by atoms with Crippen molar-refractivity contribution in [1.29, 1.82) is 0 Å². The predicted octanol–water partition coefficient (Wildman–Crippen LogP) is 0.659. The minimum atomic E-state index is 0.721. The largest absolute Gasteiger partial charge is 0.492 e. The van der Waals surface area contributed by atoms with Crippen molar-refractivity contribution in [3.63, 3.8) is 0 Å². The average Bonchev–Trinajstić information content (AvgIpc) is 2.46. The van der Waals surface area contributed by atoms with Crippen LogP contribution in [0.3, 0.4) is 0 Å². The maximum Gasteiger partial charge on any atom is 0.137 e. The topological polar surface area (TPSA) is 30.3 Å². The minimum absolute atomic E-state index is 0.721. The van der Waals surface area contributed by atoms with Gasteiger partial charge >= 0.3 is 0 Å². The third-order valence-corrected chi connectivity index (χ3v) is 4.22. The van der Waals surface area contributed by atoms with E-state index in [4.69, 9.17) is 16.3 Å². The summed E-state index contributed by atoms with van der Waals surface area (Å²) >= 11 is 6.14. The predicted molar refractivity (Wildman–Crippen MR) is 82.8 cm³/mol. The summed E-state index contributed by atoms with van der Waals surface area (Å²) in [7, 11) is 0. The molecular formula is C16H27ClN2O+2. The minimum Gasteiger partial charge on any atom is -0.492 e. The third kappa shape index (κ3) is 5.31. The zero-order chi connectivity index (χ0) is 14.2. The Balaban J connectivity index is 1.55. The van der Waals surface area contributed by atoms with E-state index >= 15 is 0 Å². The number of halogens is 1. The Labute approximate surface area is 127 Å². The van der Waals surface area contributed by atoms with Gasteiger partial charge in [0.15, 0.2) is 0 Å². The van der Waals surface area contributed by atoms with Gasteiger partial charge in [-0.1, -0.05) is 17.7 Å². The molecule has 0 amide bonds. The first-order valence-electron chi connectivity index (χ1n) is 7.80. The lowest BCUT2D eigenvalue weighted by atomic mass is 10.2. The lowest BCUT2D eigenvalue weighted by Gasteiger charge is -2.21. The number of hydrogen-bond donors (Lipinski definition) is 2. The molecule has 3 N–H and O–H groups in total. The molecule has 1 aliphatic heterocycles. The number of rotatable bonds is 7. The first-order valence-corrected chi connectivity index (χ1v) is 8.17. The third-order valence-electron chi connectivity index (χ3n) is 3.92. The Morgan fingerprint density at radius 1 is 1.20 bits per heavy atom. The molecule has 2 rings (SSSR count). The molecule has 4 heteroatoms. The highest BCUT2D eigenvalue weighted by Crippen LogP contribution is 2.25. The van der Waals surface area contributed by atoms with Crippen LogP contribution in [-0.4, -0.2) is 39.3 Å². The number of unbranched alkanes of at least 4 members (excludes halogenated alkanes) is 2. The van der Waals surface area contributed by atoms with E-state index in [-0.39, 0.29) is 0 Å². The van der Waals surface area contributed by atoms with Crippen molar-refractivity contribution in [2.75, 3.05) is 39.3 Å². The summed E-state index contributed by atoms with van der Waals surface area (Å²) in [6.45, 7) is 9.38. The summed E-state index contributed by atoms with van der Waals surface area (Å²) in [6, 6.07) is 5.96. The molecule has 0 unspecified atom stereocenters. The van der Waals surface area contributed by atoms with Gasteiger partial charge in [-0.3, -0.25) is 0 Å². The number of piperazine rings is 1. The van der Waals surface area contributed by atoms with Gasteiger partial charge in [-0.05, 0) is 43.9 Å². The second kappa shape index (κ2) is 8.50. The van der Waals surface area contributed by atoms with Crippen LogP contribution in [0.2, 0.25) is 5.02 Å². The number of aryl methyl sites for hydroxylation is 1. The molecule has 0 atom stereocenters. The molecule has 0 saturated carbocycles. The van der Waals surface area contributed by atoms with Gasteiger partial charge in [-0.25, -0.2) is 0 Å². The molecule has 1 heterocycles. The molecule has 3 nitrogen and oxygen atoms in total. The van der Waals surface area contributed by atoms with Crippen molar-refractivity contribution < 1.29 is 15.0 Å². The lowest BCUT2D eigenvalue weighted by Crippen LogP contribution is -3.20. The fraction of sp³-hybridized carbons (Fsp3) is 0.625. The van der Waals surface area contributed by atoms with E-state index in [0.29, 0.717) is 0 Å². The van der Waals surface area contributed by atoms with Crippen LogP contribution < -0.4 is 15.0 Å². The molecule has 0 radical (unpaired) electrons. The number of ether oxygens (including phenoxy) is 1. The van der Waals surface area contributed by atoms with Crippen molar-refractivity contribution in [2.24, 2.45) is 0 Å². The Kier molecular flexibility index (Phi) is 6.64. The van der Waals surface area contributed by atoms with Crippen LogP contribution >= 0.6 is 11.6 Å². The zero-order valence-electron chi connectivity index (χ0n) is 12.5. The molecule has 0 spiro atoms. The summed E-state index contributed by atoms with van der Waals surface area (Å²) < 4.78 is 5.74. The molecular weight excluding hydrogens is 272 g/mol. The lowest BCUT2D eigenvalue weighted by molar-refractivity contribution is -0.946. The van der Waals surface area contributed by atoms with E-state index in [9.17, 15) is 0 Å². The summed E-state index contributed by atoms with van der Waals surface area (Å²) in [5.41, 5.74) is 1.17. The van der Waals surface area contributed by atoms with Crippen LogP contribution in [0.1, 0.15) is 24.8 Å². The summed E-state index contributed by atoms with van der Waals surface area (Å²) in [6.07, 6.45) is 3.67. The molecule has 0 aliphatic carbocycles. The van der Waals surface area contributed by atoms with E-state index in [1.165, 1.54) is 51.1 Å². The van der Waals surface area contributed by atoms with E-state index < -0.39 is 0 Å². The van der Waals surface area contributed by atoms with Gasteiger partial charge < -0.3 is 15.0 Å². The Morgan fingerprint density at radius 2 is 2.00 bits per heavy atom. The van der Waals surface area contributed by atoms with Gasteiger partial charge in [0.25, 0.3) is 0 Å². The SMILES string of the molecule is Cc1ccc(OCCCCC[NH+]2CC[NH2+]CC2)c(Cl)c1. The van der Waals surface area contributed by atoms with Crippen LogP contribution in [0.5, 0.6) is 5.75 Å².